The van der Waals surface area contributed by atoms with Crippen molar-refractivity contribution in [3.63, 3.8) is 0 Å². The summed E-state index contributed by atoms with van der Waals surface area (Å²) < 4.78 is 13.4. The lowest BCUT2D eigenvalue weighted by Gasteiger charge is -2.19. The molecule has 1 fully saturated rings. The lowest BCUT2D eigenvalue weighted by Crippen LogP contribution is -2.25. The van der Waals surface area contributed by atoms with Crippen molar-refractivity contribution in [3.05, 3.63) is 41.9 Å². The van der Waals surface area contributed by atoms with Gasteiger partial charge in [0.25, 0.3) is 0 Å². The van der Waals surface area contributed by atoms with Gasteiger partial charge in [-0.05, 0) is 31.9 Å². The zero-order chi connectivity index (χ0) is 16.9. The third-order valence-corrected chi connectivity index (χ3v) is 4.25. The summed E-state index contributed by atoms with van der Waals surface area (Å²) in [6, 6.07) is 6.02. The molecule has 2 aromatic heterocycles. The maximum atomic E-state index is 5.92. The summed E-state index contributed by atoms with van der Waals surface area (Å²) in [7, 11) is 1.97. The van der Waals surface area contributed by atoms with E-state index in [1.807, 2.05) is 50.1 Å². The predicted octanol–water partition coefficient (Wildman–Crippen LogP) is 2.47. The Kier molecular flexibility index (Phi) is 5.48. The van der Waals surface area contributed by atoms with E-state index in [0.29, 0.717) is 11.8 Å². The molecule has 2 aromatic rings. The normalized spacial score (nSPS) is 20.7. The minimum Gasteiger partial charge on any atom is -0.475 e. The van der Waals surface area contributed by atoms with Crippen molar-refractivity contribution in [1.29, 1.82) is 0 Å². The fourth-order valence-electron chi connectivity index (χ4n) is 3.06. The summed E-state index contributed by atoms with van der Waals surface area (Å²) in [5.74, 6) is 1.14. The Morgan fingerprint density at radius 3 is 2.92 bits per heavy atom. The molecule has 1 N–H and O–H groups in total. The van der Waals surface area contributed by atoms with Crippen LogP contribution in [0.25, 0.3) is 0 Å². The van der Waals surface area contributed by atoms with Crippen LogP contribution >= 0.6 is 0 Å². The number of ether oxygens (including phenoxy) is 2. The maximum absolute atomic E-state index is 5.92. The molecular weight excluding hydrogens is 304 g/mol. The van der Waals surface area contributed by atoms with E-state index in [9.17, 15) is 0 Å². The van der Waals surface area contributed by atoms with Crippen LogP contribution < -0.4 is 10.1 Å². The van der Waals surface area contributed by atoms with Crippen LogP contribution in [0.2, 0.25) is 0 Å². The standard InChI is InChI=1S/C18H26N4O2/c1-13(2)24-17-5-4-14(11-20-17)10-19-12-15-7-9-23-18(15)16-6-8-21-22(16)3/h4-6,8,11,13,15,18-19H,7,9-10,12H2,1-3H3/t15-,18+/m0/s1. The van der Waals surface area contributed by atoms with Gasteiger partial charge in [-0.25, -0.2) is 4.98 Å². The van der Waals surface area contributed by atoms with Gasteiger partial charge < -0.3 is 14.8 Å². The van der Waals surface area contributed by atoms with Gasteiger partial charge in [-0.1, -0.05) is 6.07 Å². The molecule has 6 nitrogen and oxygen atoms in total. The van der Waals surface area contributed by atoms with Crippen molar-refractivity contribution in [2.45, 2.75) is 39.0 Å². The lowest BCUT2D eigenvalue weighted by molar-refractivity contribution is 0.0838. The summed E-state index contributed by atoms with van der Waals surface area (Å²) >= 11 is 0. The molecule has 3 heterocycles. The largest absolute Gasteiger partial charge is 0.475 e. The Morgan fingerprint density at radius 2 is 2.25 bits per heavy atom. The molecule has 0 amide bonds. The van der Waals surface area contributed by atoms with Gasteiger partial charge in [0.05, 0.1) is 11.8 Å². The van der Waals surface area contributed by atoms with Crippen LogP contribution in [-0.2, 0) is 18.3 Å². The summed E-state index contributed by atoms with van der Waals surface area (Å²) in [6.45, 7) is 6.52. The number of nitrogens with one attached hydrogen (secondary N) is 1. The van der Waals surface area contributed by atoms with E-state index in [1.165, 1.54) is 0 Å². The van der Waals surface area contributed by atoms with Crippen molar-refractivity contribution in [2.24, 2.45) is 13.0 Å². The van der Waals surface area contributed by atoms with E-state index in [2.05, 4.69) is 21.5 Å². The van der Waals surface area contributed by atoms with Gasteiger partial charge in [0, 0.05) is 51.1 Å². The average molecular weight is 330 g/mol. The predicted molar refractivity (Wildman–Crippen MR) is 91.7 cm³/mol. The van der Waals surface area contributed by atoms with E-state index in [4.69, 9.17) is 9.47 Å². The molecule has 0 spiro atoms. The fraction of sp³-hybridized carbons (Fsp3) is 0.556. The zero-order valence-electron chi connectivity index (χ0n) is 14.6. The zero-order valence-corrected chi connectivity index (χ0v) is 14.6. The SMILES string of the molecule is CC(C)Oc1ccc(CNC[C@@H]2CCO[C@H]2c2ccnn2C)cn1. The highest BCUT2D eigenvalue weighted by Gasteiger charge is 2.31. The van der Waals surface area contributed by atoms with Gasteiger partial charge in [0.2, 0.25) is 5.88 Å². The molecule has 0 bridgehead atoms. The summed E-state index contributed by atoms with van der Waals surface area (Å²) in [6.07, 6.45) is 5.04. The summed E-state index contributed by atoms with van der Waals surface area (Å²) in [4.78, 5) is 4.34. The van der Waals surface area contributed by atoms with Crippen LogP contribution in [-0.4, -0.2) is 34.0 Å². The highest BCUT2D eigenvalue weighted by Crippen LogP contribution is 2.33. The van der Waals surface area contributed by atoms with Crippen LogP contribution in [0, 0.1) is 5.92 Å². The molecule has 0 aromatic carbocycles. The minimum absolute atomic E-state index is 0.130. The lowest BCUT2D eigenvalue weighted by atomic mass is 9.99. The van der Waals surface area contributed by atoms with Gasteiger partial charge in [0.15, 0.2) is 0 Å². The van der Waals surface area contributed by atoms with Gasteiger partial charge in [-0.15, -0.1) is 0 Å². The number of hydrogen-bond donors (Lipinski definition) is 1. The molecule has 6 heteroatoms. The number of pyridine rings is 1. The molecule has 24 heavy (non-hydrogen) atoms. The van der Waals surface area contributed by atoms with Gasteiger partial charge >= 0.3 is 0 Å². The van der Waals surface area contributed by atoms with Crippen LogP contribution in [0.1, 0.15) is 37.6 Å². The first-order valence-corrected chi connectivity index (χ1v) is 8.55. The van der Waals surface area contributed by atoms with Crippen molar-refractivity contribution in [3.8, 4) is 5.88 Å². The highest BCUT2D eigenvalue weighted by atomic mass is 16.5. The third kappa shape index (κ3) is 4.13. The number of aromatic nitrogens is 3. The Morgan fingerprint density at radius 1 is 1.38 bits per heavy atom. The van der Waals surface area contributed by atoms with Gasteiger partial charge in [-0.2, -0.15) is 5.10 Å². The van der Waals surface area contributed by atoms with Crippen molar-refractivity contribution in [1.82, 2.24) is 20.1 Å². The molecular formula is C18H26N4O2. The Labute approximate surface area is 143 Å². The second-order valence-electron chi connectivity index (χ2n) is 6.52. The third-order valence-electron chi connectivity index (χ3n) is 4.25. The molecule has 0 aliphatic carbocycles. The van der Waals surface area contributed by atoms with Crippen molar-refractivity contribution < 1.29 is 9.47 Å². The van der Waals surface area contributed by atoms with E-state index in [-0.39, 0.29) is 12.2 Å². The first-order chi connectivity index (χ1) is 11.6. The van der Waals surface area contributed by atoms with E-state index >= 15 is 0 Å². The number of rotatable bonds is 7. The highest BCUT2D eigenvalue weighted by molar-refractivity contribution is 5.18. The van der Waals surface area contributed by atoms with Crippen LogP contribution in [0.5, 0.6) is 5.88 Å². The molecule has 1 aliphatic heterocycles. The van der Waals surface area contributed by atoms with Gasteiger partial charge in [-0.3, -0.25) is 4.68 Å². The molecule has 1 aliphatic rings. The second-order valence-corrected chi connectivity index (χ2v) is 6.52. The molecule has 3 rings (SSSR count). The molecule has 130 valence electrons. The molecule has 0 unspecified atom stereocenters. The van der Waals surface area contributed by atoms with Gasteiger partial charge in [0.1, 0.15) is 6.10 Å². The molecule has 0 radical (unpaired) electrons. The van der Waals surface area contributed by atoms with Crippen LogP contribution in [0.3, 0.4) is 0 Å². The first kappa shape index (κ1) is 16.9. The Bertz CT molecular complexity index is 639. The van der Waals surface area contributed by atoms with Crippen molar-refractivity contribution in [2.75, 3.05) is 13.2 Å². The van der Waals surface area contributed by atoms with Crippen molar-refractivity contribution >= 4 is 0 Å². The number of hydrogen-bond acceptors (Lipinski definition) is 5. The number of nitrogens with zero attached hydrogens (tertiary/aromatic N) is 3. The monoisotopic (exact) mass is 330 g/mol. The molecule has 1 saturated heterocycles. The van der Waals surface area contributed by atoms with E-state index < -0.39 is 0 Å². The topological polar surface area (TPSA) is 61.2 Å². The minimum atomic E-state index is 0.130. The van der Waals surface area contributed by atoms with E-state index in [0.717, 1.165) is 37.4 Å². The maximum Gasteiger partial charge on any atom is 0.213 e. The quantitative estimate of drug-likeness (QED) is 0.845. The fourth-order valence-corrected chi connectivity index (χ4v) is 3.06. The number of aryl methyl sites for hydroxylation is 1. The summed E-state index contributed by atoms with van der Waals surface area (Å²) in [5.41, 5.74) is 2.30. The second kappa shape index (κ2) is 7.77. The molecule has 2 atom stereocenters. The average Bonchev–Trinajstić information content (AvgIpc) is 3.17. The Balaban J connectivity index is 1.50. The summed E-state index contributed by atoms with van der Waals surface area (Å²) in [5, 5.41) is 7.77. The molecule has 0 saturated carbocycles. The first-order valence-electron chi connectivity index (χ1n) is 8.55. The van der Waals surface area contributed by atoms with Crippen LogP contribution in [0.4, 0.5) is 0 Å². The van der Waals surface area contributed by atoms with E-state index in [1.54, 1.807) is 0 Å². The van der Waals surface area contributed by atoms with Crippen LogP contribution in [0.15, 0.2) is 30.6 Å². The Hall–Kier alpha value is -1.92. The smallest absolute Gasteiger partial charge is 0.213 e.